The van der Waals surface area contributed by atoms with E-state index >= 15 is 0 Å². The molecular formula is C10H21NO. The van der Waals surface area contributed by atoms with Gasteiger partial charge in [-0.15, -0.1) is 0 Å². The Morgan fingerprint density at radius 3 is 2.17 bits per heavy atom. The molecular weight excluding hydrogens is 150 g/mol. The van der Waals surface area contributed by atoms with Crippen molar-refractivity contribution in [2.45, 2.75) is 27.2 Å². The van der Waals surface area contributed by atoms with Gasteiger partial charge in [-0.25, -0.2) is 0 Å². The third-order valence-corrected chi connectivity index (χ3v) is 3.20. The second-order valence-corrected chi connectivity index (χ2v) is 4.88. The van der Waals surface area contributed by atoms with Crippen molar-refractivity contribution in [2.75, 3.05) is 26.8 Å². The molecule has 0 saturated carbocycles. The highest BCUT2D eigenvalue weighted by atomic mass is 16.5. The minimum absolute atomic E-state index is 0.377. The van der Waals surface area contributed by atoms with Gasteiger partial charge in [0, 0.05) is 5.41 Å². The van der Waals surface area contributed by atoms with Crippen molar-refractivity contribution < 1.29 is 4.74 Å². The molecule has 12 heavy (non-hydrogen) atoms. The number of nitrogens with one attached hydrogen (secondary N) is 1. The molecule has 0 aliphatic carbocycles. The number of ether oxygens (including phenoxy) is 1. The minimum Gasteiger partial charge on any atom is -0.380 e. The lowest BCUT2D eigenvalue weighted by Gasteiger charge is -2.51. The molecule has 1 aliphatic rings. The van der Waals surface area contributed by atoms with Gasteiger partial charge in [0.1, 0.15) is 0 Å². The fourth-order valence-corrected chi connectivity index (χ4v) is 1.67. The van der Waals surface area contributed by atoms with Gasteiger partial charge in [0.25, 0.3) is 0 Å². The highest BCUT2D eigenvalue weighted by molar-refractivity contribution is 4.95. The Morgan fingerprint density at radius 1 is 1.33 bits per heavy atom. The summed E-state index contributed by atoms with van der Waals surface area (Å²) in [7, 11) is 2.01. The van der Waals surface area contributed by atoms with Crippen LogP contribution in [0, 0.1) is 10.8 Å². The summed E-state index contributed by atoms with van der Waals surface area (Å²) in [6.07, 6.45) is 1.23. The summed E-state index contributed by atoms with van der Waals surface area (Å²) in [5, 5.41) is 3.21. The molecule has 1 saturated heterocycles. The highest BCUT2D eigenvalue weighted by Crippen LogP contribution is 2.46. The first-order chi connectivity index (χ1) is 5.52. The van der Waals surface area contributed by atoms with E-state index in [0.717, 1.165) is 19.8 Å². The Bertz CT molecular complexity index is 144. The van der Waals surface area contributed by atoms with Crippen molar-refractivity contribution in [3.8, 4) is 0 Å². The summed E-state index contributed by atoms with van der Waals surface area (Å²) < 4.78 is 5.33. The van der Waals surface area contributed by atoms with Crippen LogP contribution in [-0.4, -0.2) is 26.8 Å². The van der Waals surface area contributed by atoms with E-state index in [1.54, 1.807) is 0 Å². The van der Waals surface area contributed by atoms with Crippen molar-refractivity contribution in [3.63, 3.8) is 0 Å². The Labute approximate surface area is 75.7 Å². The van der Waals surface area contributed by atoms with Crippen LogP contribution in [-0.2, 0) is 4.74 Å². The highest BCUT2D eigenvalue weighted by Gasteiger charge is 2.47. The summed E-state index contributed by atoms with van der Waals surface area (Å²) in [6, 6.07) is 0. The smallest absolute Gasteiger partial charge is 0.0550 e. The van der Waals surface area contributed by atoms with Crippen molar-refractivity contribution >= 4 is 0 Å². The van der Waals surface area contributed by atoms with Crippen LogP contribution in [0.1, 0.15) is 27.2 Å². The quantitative estimate of drug-likeness (QED) is 0.697. The van der Waals surface area contributed by atoms with E-state index in [4.69, 9.17) is 4.74 Å². The van der Waals surface area contributed by atoms with Gasteiger partial charge >= 0.3 is 0 Å². The third kappa shape index (κ3) is 1.64. The molecule has 0 amide bonds. The largest absolute Gasteiger partial charge is 0.380 e. The summed E-state index contributed by atoms with van der Waals surface area (Å²) in [5.41, 5.74) is 0.804. The molecule has 0 bridgehead atoms. The Balaban J connectivity index is 2.51. The topological polar surface area (TPSA) is 21.3 Å². The predicted octanol–water partition coefficient (Wildman–Crippen LogP) is 1.66. The van der Waals surface area contributed by atoms with Gasteiger partial charge in [-0.1, -0.05) is 20.8 Å². The van der Waals surface area contributed by atoms with Gasteiger partial charge in [-0.05, 0) is 25.4 Å². The van der Waals surface area contributed by atoms with Gasteiger partial charge in [0.2, 0.25) is 0 Å². The van der Waals surface area contributed by atoms with E-state index in [9.17, 15) is 0 Å². The third-order valence-electron chi connectivity index (χ3n) is 3.20. The van der Waals surface area contributed by atoms with Crippen molar-refractivity contribution in [1.29, 1.82) is 0 Å². The first-order valence-corrected chi connectivity index (χ1v) is 4.74. The Morgan fingerprint density at radius 2 is 1.92 bits per heavy atom. The van der Waals surface area contributed by atoms with Crippen LogP contribution in [0.25, 0.3) is 0 Å². The number of rotatable bonds is 3. The normalized spacial score (nSPS) is 22.0. The van der Waals surface area contributed by atoms with Crippen molar-refractivity contribution in [2.24, 2.45) is 10.8 Å². The predicted molar refractivity (Wildman–Crippen MR) is 51.3 cm³/mol. The van der Waals surface area contributed by atoms with Gasteiger partial charge in [-0.2, -0.15) is 0 Å². The standard InChI is InChI=1S/C10H21NO/c1-9(2,3)10(5-6-11-4)7-12-8-10/h11H,5-8H2,1-4H3. The molecule has 0 spiro atoms. The molecule has 0 unspecified atom stereocenters. The second kappa shape index (κ2) is 3.35. The molecule has 0 radical (unpaired) electrons. The van der Waals surface area contributed by atoms with E-state index in [1.165, 1.54) is 6.42 Å². The van der Waals surface area contributed by atoms with Gasteiger partial charge in [0.15, 0.2) is 0 Å². The number of hydrogen-bond acceptors (Lipinski definition) is 2. The lowest BCUT2D eigenvalue weighted by atomic mass is 9.63. The van der Waals surface area contributed by atoms with Crippen LogP contribution in [0.3, 0.4) is 0 Å². The van der Waals surface area contributed by atoms with Gasteiger partial charge < -0.3 is 10.1 Å². The van der Waals surface area contributed by atoms with Crippen molar-refractivity contribution in [1.82, 2.24) is 5.32 Å². The first kappa shape index (κ1) is 10.0. The number of hydrogen-bond donors (Lipinski definition) is 1. The fourth-order valence-electron chi connectivity index (χ4n) is 1.67. The molecule has 0 aromatic rings. The maximum absolute atomic E-state index is 5.33. The average Bonchev–Trinajstić information content (AvgIpc) is 1.82. The van der Waals surface area contributed by atoms with Gasteiger partial charge in [-0.3, -0.25) is 0 Å². The molecule has 2 nitrogen and oxygen atoms in total. The van der Waals surface area contributed by atoms with Crippen LogP contribution in [0.5, 0.6) is 0 Å². The summed E-state index contributed by atoms with van der Waals surface area (Å²) >= 11 is 0. The van der Waals surface area contributed by atoms with Crippen LogP contribution >= 0.6 is 0 Å². The van der Waals surface area contributed by atoms with E-state index < -0.39 is 0 Å². The molecule has 1 N–H and O–H groups in total. The summed E-state index contributed by atoms with van der Waals surface area (Å²) in [6.45, 7) is 9.92. The molecule has 0 aromatic carbocycles. The zero-order chi connectivity index (χ0) is 9.24. The molecule has 1 aliphatic heterocycles. The minimum atomic E-state index is 0.377. The second-order valence-electron chi connectivity index (χ2n) is 4.88. The molecule has 1 heterocycles. The van der Waals surface area contributed by atoms with Crippen LogP contribution in [0.15, 0.2) is 0 Å². The van der Waals surface area contributed by atoms with Crippen LogP contribution in [0.2, 0.25) is 0 Å². The summed E-state index contributed by atoms with van der Waals surface area (Å²) in [4.78, 5) is 0. The zero-order valence-electron chi connectivity index (χ0n) is 8.74. The van der Waals surface area contributed by atoms with Crippen molar-refractivity contribution in [3.05, 3.63) is 0 Å². The summed E-state index contributed by atoms with van der Waals surface area (Å²) in [5.74, 6) is 0. The molecule has 72 valence electrons. The maximum atomic E-state index is 5.33. The fraction of sp³-hybridized carbons (Fsp3) is 1.00. The Kier molecular flexibility index (Phi) is 2.79. The Hall–Kier alpha value is -0.0800. The lowest BCUT2D eigenvalue weighted by molar-refractivity contribution is -0.173. The maximum Gasteiger partial charge on any atom is 0.0550 e. The molecule has 1 rings (SSSR count). The molecule has 0 atom stereocenters. The molecule has 2 heteroatoms. The zero-order valence-corrected chi connectivity index (χ0v) is 8.74. The average molecular weight is 171 g/mol. The molecule has 1 fully saturated rings. The lowest BCUT2D eigenvalue weighted by Crippen LogP contribution is -2.53. The van der Waals surface area contributed by atoms with E-state index in [1.807, 2.05) is 7.05 Å². The SMILES string of the molecule is CNCCC1(C(C)(C)C)COC1. The van der Waals surface area contributed by atoms with E-state index in [0.29, 0.717) is 10.8 Å². The first-order valence-electron chi connectivity index (χ1n) is 4.74. The molecule has 0 aromatic heterocycles. The van der Waals surface area contributed by atoms with Crippen LogP contribution in [0.4, 0.5) is 0 Å². The van der Waals surface area contributed by atoms with E-state index in [-0.39, 0.29) is 0 Å². The van der Waals surface area contributed by atoms with Gasteiger partial charge in [0.05, 0.1) is 13.2 Å². The van der Waals surface area contributed by atoms with E-state index in [2.05, 4.69) is 26.1 Å². The van der Waals surface area contributed by atoms with Crippen LogP contribution < -0.4 is 5.32 Å². The monoisotopic (exact) mass is 171 g/mol.